The standard InChI is InChI=1S/C13H16N2O4.C10H11NO4/c1-4-18-13(17)12-9-6-5-8(7-15(2)3)11(16)10(9)14-19-12;1-2-14-10(13)9-6-4-3-5-7(12)8(6)11-15-9/h7H,4-6H2,1-3H3;2-5H2,1H3/b8-7+;. The average Bonchev–Trinajstić information content (AvgIpc) is 3.42. The molecule has 0 atom stereocenters. The van der Waals surface area contributed by atoms with Gasteiger partial charge in [0, 0.05) is 43.4 Å². The lowest BCUT2D eigenvalue weighted by Gasteiger charge is -2.14. The molecule has 182 valence electrons. The highest BCUT2D eigenvalue weighted by atomic mass is 16.6. The minimum atomic E-state index is -0.566. The molecule has 2 aliphatic carbocycles. The normalized spacial score (nSPS) is 15.7. The van der Waals surface area contributed by atoms with Gasteiger partial charge in [-0.3, -0.25) is 9.59 Å². The second-order valence-electron chi connectivity index (χ2n) is 7.84. The molecule has 34 heavy (non-hydrogen) atoms. The van der Waals surface area contributed by atoms with Crippen LogP contribution in [-0.4, -0.2) is 66.0 Å². The van der Waals surface area contributed by atoms with Crippen molar-refractivity contribution in [2.24, 2.45) is 0 Å². The number of hydrogen-bond donors (Lipinski definition) is 0. The molecule has 0 bridgehead atoms. The van der Waals surface area contributed by atoms with E-state index in [4.69, 9.17) is 18.5 Å². The highest BCUT2D eigenvalue weighted by molar-refractivity contribution is 6.10. The Morgan fingerprint density at radius 2 is 1.44 bits per heavy atom. The zero-order chi connectivity index (χ0) is 24.8. The summed E-state index contributed by atoms with van der Waals surface area (Å²) < 4.78 is 19.5. The number of ether oxygens (including phenoxy) is 2. The monoisotopic (exact) mass is 473 g/mol. The fourth-order valence-electron chi connectivity index (χ4n) is 3.70. The summed E-state index contributed by atoms with van der Waals surface area (Å²) in [5, 5.41) is 7.33. The number of hydrogen-bond acceptors (Lipinski definition) is 11. The summed E-state index contributed by atoms with van der Waals surface area (Å²) in [4.78, 5) is 48.5. The Labute approximate surface area is 196 Å². The summed E-state index contributed by atoms with van der Waals surface area (Å²) >= 11 is 0. The zero-order valence-corrected chi connectivity index (χ0v) is 19.6. The van der Waals surface area contributed by atoms with Gasteiger partial charge in [-0.2, -0.15) is 0 Å². The maximum absolute atomic E-state index is 12.2. The van der Waals surface area contributed by atoms with Crippen LogP contribution in [0.1, 0.15) is 86.3 Å². The van der Waals surface area contributed by atoms with Gasteiger partial charge in [0.15, 0.2) is 17.2 Å². The van der Waals surface area contributed by atoms with Gasteiger partial charge in [0.25, 0.3) is 0 Å². The number of fused-ring (bicyclic) bond motifs is 2. The third-order valence-electron chi connectivity index (χ3n) is 5.16. The predicted molar refractivity (Wildman–Crippen MR) is 117 cm³/mol. The number of carbonyl (C=O) groups is 4. The molecule has 2 heterocycles. The molecule has 2 aliphatic rings. The van der Waals surface area contributed by atoms with E-state index < -0.39 is 11.9 Å². The lowest BCUT2D eigenvalue weighted by molar-refractivity contribution is 0.0469. The Kier molecular flexibility index (Phi) is 7.98. The van der Waals surface area contributed by atoms with Crippen molar-refractivity contribution in [3.05, 3.63) is 45.8 Å². The molecule has 0 aromatic carbocycles. The van der Waals surface area contributed by atoms with Crippen LogP contribution in [0.3, 0.4) is 0 Å². The Balaban J connectivity index is 0.000000196. The minimum absolute atomic E-state index is 0.0501. The minimum Gasteiger partial charge on any atom is -0.460 e. The topological polar surface area (TPSA) is 142 Å². The Hall–Kier alpha value is -3.76. The fraction of sp³-hybridized carbons (Fsp3) is 0.478. The number of carbonyl (C=O) groups excluding carboxylic acids is 4. The van der Waals surface area contributed by atoms with Gasteiger partial charge in [0.05, 0.1) is 13.2 Å². The van der Waals surface area contributed by atoms with E-state index in [-0.39, 0.29) is 42.0 Å². The van der Waals surface area contributed by atoms with E-state index in [1.165, 1.54) is 0 Å². The average molecular weight is 473 g/mol. The van der Waals surface area contributed by atoms with Crippen molar-refractivity contribution in [2.45, 2.75) is 46.0 Å². The molecule has 2 aromatic rings. The number of allylic oxidation sites excluding steroid dienone is 1. The lowest BCUT2D eigenvalue weighted by atomic mass is 9.91. The van der Waals surface area contributed by atoms with Crippen LogP contribution < -0.4 is 0 Å². The molecule has 0 unspecified atom stereocenters. The van der Waals surface area contributed by atoms with Crippen molar-refractivity contribution in [1.82, 2.24) is 15.2 Å². The van der Waals surface area contributed by atoms with Crippen LogP contribution in [0.4, 0.5) is 0 Å². The third kappa shape index (κ3) is 5.24. The van der Waals surface area contributed by atoms with Crippen molar-refractivity contribution >= 4 is 23.5 Å². The van der Waals surface area contributed by atoms with E-state index in [1.807, 2.05) is 19.0 Å². The van der Waals surface area contributed by atoms with E-state index in [1.54, 1.807) is 20.0 Å². The zero-order valence-electron chi connectivity index (χ0n) is 19.6. The first kappa shape index (κ1) is 24.9. The number of rotatable bonds is 5. The summed E-state index contributed by atoms with van der Waals surface area (Å²) in [5.74, 6) is -1.22. The highest BCUT2D eigenvalue weighted by Gasteiger charge is 2.32. The number of nitrogens with zero attached hydrogens (tertiary/aromatic N) is 3. The molecule has 0 saturated carbocycles. The molecule has 0 amide bonds. The van der Waals surface area contributed by atoms with Crippen LogP contribution >= 0.6 is 0 Å². The molecular weight excluding hydrogens is 446 g/mol. The molecule has 2 aromatic heterocycles. The van der Waals surface area contributed by atoms with Crippen molar-refractivity contribution in [3.8, 4) is 0 Å². The third-order valence-corrected chi connectivity index (χ3v) is 5.16. The van der Waals surface area contributed by atoms with Gasteiger partial charge < -0.3 is 23.4 Å². The second-order valence-corrected chi connectivity index (χ2v) is 7.84. The highest BCUT2D eigenvalue weighted by Crippen LogP contribution is 2.28. The van der Waals surface area contributed by atoms with E-state index >= 15 is 0 Å². The van der Waals surface area contributed by atoms with Gasteiger partial charge in [-0.1, -0.05) is 10.3 Å². The van der Waals surface area contributed by atoms with Crippen LogP contribution in [0.5, 0.6) is 0 Å². The Morgan fingerprint density at radius 3 is 2.00 bits per heavy atom. The molecule has 0 radical (unpaired) electrons. The number of esters is 2. The summed E-state index contributed by atoms with van der Waals surface area (Å²) in [5.41, 5.74) is 2.34. The predicted octanol–water partition coefficient (Wildman–Crippen LogP) is 2.80. The van der Waals surface area contributed by atoms with Gasteiger partial charge in [0.2, 0.25) is 17.3 Å². The number of aromatic nitrogens is 2. The van der Waals surface area contributed by atoms with Crippen LogP contribution in [0.25, 0.3) is 0 Å². The number of ketones is 2. The van der Waals surface area contributed by atoms with Gasteiger partial charge in [0.1, 0.15) is 0 Å². The molecule has 11 nitrogen and oxygen atoms in total. The first-order valence-electron chi connectivity index (χ1n) is 11.0. The summed E-state index contributed by atoms with van der Waals surface area (Å²) in [7, 11) is 3.70. The first-order chi connectivity index (χ1) is 16.3. The second kappa shape index (κ2) is 10.9. The molecule has 0 fully saturated rings. The van der Waals surface area contributed by atoms with E-state index in [2.05, 4.69) is 10.3 Å². The van der Waals surface area contributed by atoms with Gasteiger partial charge in [-0.05, 0) is 39.5 Å². The summed E-state index contributed by atoms with van der Waals surface area (Å²) in [6.45, 7) is 3.96. The van der Waals surface area contributed by atoms with Crippen molar-refractivity contribution in [1.29, 1.82) is 0 Å². The maximum atomic E-state index is 12.2. The molecule has 4 rings (SSSR count). The van der Waals surface area contributed by atoms with E-state index in [9.17, 15) is 19.2 Å². The fourth-order valence-corrected chi connectivity index (χ4v) is 3.70. The van der Waals surface area contributed by atoms with Crippen LogP contribution in [0.15, 0.2) is 20.8 Å². The van der Waals surface area contributed by atoms with Gasteiger partial charge in [-0.15, -0.1) is 0 Å². The molecule has 11 heteroatoms. The van der Waals surface area contributed by atoms with Crippen molar-refractivity contribution in [2.75, 3.05) is 27.3 Å². The first-order valence-corrected chi connectivity index (χ1v) is 11.0. The quantitative estimate of drug-likeness (QED) is 0.467. The van der Waals surface area contributed by atoms with E-state index in [0.29, 0.717) is 48.1 Å². The molecule has 0 spiro atoms. The lowest BCUT2D eigenvalue weighted by Crippen LogP contribution is -2.18. The molecule has 0 N–H and O–H groups in total. The van der Waals surface area contributed by atoms with Crippen LogP contribution in [0, 0.1) is 0 Å². The van der Waals surface area contributed by atoms with Crippen LogP contribution in [0.2, 0.25) is 0 Å². The van der Waals surface area contributed by atoms with Gasteiger partial charge in [-0.25, -0.2) is 9.59 Å². The summed E-state index contributed by atoms with van der Waals surface area (Å²) in [6, 6.07) is 0. The largest absolute Gasteiger partial charge is 0.460 e. The van der Waals surface area contributed by atoms with E-state index in [0.717, 1.165) is 6.42 Å². The van der Waals surface area contributed by atoms with Gasteiger partial charge >= 0.3 is 11.9 Å². The Bertz CT molecular complexity index is 1130. The maximum Gasteiger partial charge on any atom is 0.377 e. The molecule has 0 aliphatic heterocycles. The SMILES string of the molecule is CCOC(=O)c1onc2c1CC/C(=C\N(C)C)C2=O.CCOC(=O)c1onc2c1CCCC2=O. The molecular formula is C23H27N3O8. The molecule has 0 saturated heterocycles. The smallest absolute Gasteiger partial charge is 0.377 e. The van der Waals surface area contributed by atoms with Crippen LogP contribution in [-0.2, 0) is 22.3 Å². The summed E-state index contributed by atoms with van der Waals surface area (Å²) in [6.07, 6.45) is 4.75. The van der Waals surface area contributed by atoms with Crippen molar-refractivity contribution < 1.29 is 37.7 Å². The Morgan fingerprint density at radius 1 is 0.882 bits per heavy atom. The van der Waals surface area contributed by atoms with Crippen molar-refractivity contribution in [3.63, 3.8) is 0 Å². The number of Topliss-reactive ketones (excluding diaryl/α,β-unsaturated/α-hetero) is 2.